The molecule has 0 fully saturated rings. The van der Waals surface area contributed by atoms with E-state index < -0.39 is 11.9 Å². The fourth-order valence-electron chi connectivity index (χ4n) is 2.99. The number of nitrogens with one attached hydrogen (secondary N) is 1. The van der Waals surface area contributed by atoms with E-state index in [0.717, 1.165) is 10.5 Å². The van der Waals surface area contributed by atoms with Gasteiger partial charge < -0.3 is 20.5 Å². The van der Waals surface area contributed by atoms with Crippen LogP contribution in [0.3, 0.4) is 0 Å². The number of carboxylic acid groups (broad SMARTS) is 1. The Labute approximate surface area is 190 Å². The normalized spacial score (nSPS) is 10.4. The number of aryl methyl sites for hydroxylation is 1. The number of carbonyl (C=O) groups excluding carboxylic acids is 2. The molecule has 7 nitrogen and oxygen atoms in total. The molecule has 0 aliphatic carbocycles. The van der Waals surface area contributed by atoms with Crippen LogP contribution in [0.2, 0.25) is 0 Å². The molecule has 0 unspecified atom stereocenters. The highest BCUT2D eigenvalue weighted by Crippen LogP contribution is 2.31. The number of hydrogen-bond acceptors (Lipinski definition) is 5. The standard InChI is InChI=1S/C24H23N3O4S/c1-16-9-11-19(12-10-16)32-27(21-8-3-2-7-20(21)23(25)29)15-22(28)26-14-17-5-4-6-18(13-17)24(30)31/h2-13H,14-15H2,1H3,(H2,25,29)(H,26,28)(H,30,31). The van der Waals surface area contributed by atoms with Crippen molar-refractivity contribution in [2.24, 2.45) is 5.73 Å². The van der Waals surface area contributed by atoms with E-state index in [0.29, 0.717) is 16.8 Å². The smallest absolute Gasteiger partial charge is 0.335 e. The van der Waals surface area contributed by atoms with Crippen molar-refractivity contribution in [2.75, 3.05) is 10.8 Å². The lowest BCUT2D eigenvalue weighted by Crippen LogP contribution is -2.34. The number of benzene rings is 3. The molecule has 0 saturated carbocycles. The quantitative estimate of drug-likeness (QED) is 0.430. The first-order valence-corrected chi connectivity index (χ1v) is 10.6. The van der Waals surface area contributed by atoms with Gasteiger partial charge in [0.25, 0.3) is 5.91 Å². The Morgan fingerprint density at radius 3 is 2.41 bits per heavy atom. The highest BCUT2D eigenvalue weighted by molar-refractivity contribution is 8.00. The third-order valence-corrected chi connectivity index (χ3v) is 5.65. The molecular formula is C24H23N3O4S. The molecule has 32 heavy (non-hydrogen) atoms. The number of hydrogen-bond donors (Lipinski definition) is 3. The predicted molar refractivity (Wildman–Crippen MR) is 125 cm³/mol. The number of amides is 2. The summed E-state index contributed by atoms with van der Waals surface area (Å²) in [7, 11) is 0. The van der Waals surface area contributed by atoms with Gasteiger partial charge in [-0.2, -0.15) is 0 Å². The van der Waals surface area contributed by atoms with E-state index in [9.17, 15) is 14.4 Å². The highest BCUT2D eigenvalue weighted by atomic mass is 32.2. The molecule has 0 bridgehead atoms. The third-order valence-electron chi connectivity index (χ3n) is 4.63. The molecule has 2 amide bonds. The van der Waals surface area contributed by atoms with Crippen molar-refractivity contribution in [3.05, 3.63) is 95.1 Å². The maximum Gasteiger partial charge on any atom is 0.335 e. The Balaban J connectivity index is 1.78. The molecule has 0 aliphatic rings. The second kappa shape index (κ2) is 10.5. The topological polar surface area (TPSA) is 113 Å². The lowest BCUT2D eigenvalue weighted by Gasteiger charge is -2.24. The predicted octanol–water partition coefficient (Wildman–Crippen LogP) is 3.62. The Morgan fingerprint density at radius 2 is 1.72 bits per heavy atom. The Morgan fingerprint density at radius 1 is 1.00 bits per heavy atom. The Kier molecular flexibility index (Phi) is 7.51. The highest BCUT2D eigenvalue weighted by Gasteiger charge is 2.19. The van der Waals surface area contributed by atoms with E-state index in [1.54, 1.807) is 40.7 Å². The minimum atomic E-state index is -1.03. The molecule has 4 N–H and O–H groups in total. The first-order chi connectivity index (χ1) is 15.3. The van der Waals surface area contributed by atoms with Gasteiger partial charge in [-0.1, -0.05) is 42.0 Å². The maximum atomic E-state index is 12.7. The molecule has 0 saturated heterocycles. The zero-order valence-corrected chi connectivity index (χ0v) is 18.3. The molecule has 164 valence electrons. The summed E-state index contributed by atoms with van der Waals surface area (Å²) in [5, 5.41) is 11.9. The summed E-state index contributed by atoms with van der Waals surface area (Å²) >= 11 is 1.33. The molecule has 0 atom stereocenters. The van der Waals surface area contributed by atoms with Gasteiger partial charge in [-0.05, 0) is 60.8 Å². The van der Waals surface area contributed by atoms with Crippen LogP contribution in [0.25, 0.3) is 0 Å². The van der Waals surface area contributed by atoms with Crippen molar-refractivity contribution in [3.8, 4) is 0 Å². The zero-order valence-electron chi connectivity index (χ0n) is 17.4. The third kappa shape index (κ3) is 6.12. The van der Waals surface area contributed by atoms with Crippen LogP contribution in [0.15, 0.2) is 77.7 Å². The first-order valence-electron chi connectivity index (χ1n) is 9.83. The number of carboxylic acids is 1. The average Bonchev–Trinajstić information content (AvgIpc) is 2.79. The lowest BCUT2D eigenvalue weighted by molar-refractivity contribution is -0.119. The first kappa shape index (κ1) is 22.9. The van der Waals surface area contributed by atoms with E-state index in [-0.39, 0.29) is 24.6 Å². The molecular weight excluding hydrogens is 426 g/mol. The number of carbonyl (C=O) groups is 3. The summed E-state index contributed by atoms with van der Waals surface area (Å²) in [5.74, 6) is -1.90. The van der Waals surface area contributed by atoms with Crippen molar-refractivity contribution in [1.82, 2.24) is 5.32 Å². The minimum Gasteiger partial charge on any atom is -0.478 e. The monoisotopic (exact) mass is 449 g/mol. The van der Waals surface area contributed by atoms with Crippen LogP contribution >= 0.6 is 11.9 Å². The molecule has 0 radical (unpaired) electrons. The number of para-hydroxylation sites is 1. The molecule has 8 heteroatoms. The van der Waals surface area contributed by atoms with Crippen molar-refractivity contribution >= 4 is 35.4 Å². The zero-order chi connectivity index (χ0) is 23.1. The average molecular weight is 450 g/mol. The molecule has 0 spiro atoms. The molecule has 3 rings (SSSR count). The fraction of sp³-hybridized carbons (Fsp3) is 0.125. The second-order valence-electron chi connectivity index (χ2n) is 7.10. The summed E-state index contributed by atoms with van der Waals surface area (Å²) in [6, 6.07) is 21.1. The molecule has 3 aromatic carbocycles. The minimum absolute atomic E-state index is 0.0402. The SMILES string of the molecule is Cc1ccc(SN(CC(=O)NCc2cccc(C(=O)O)c2)c2ccccc2C(N)=O)cc1. The van der Waals surface area contributed by atoms with E-state index in [4.69, 9.17) is 10.8 Å². The lowest BCUT2D eigenvalue weighted by atomic mass is 10.1. The van der Waals surface area contributed by atoms with Gasteiger partial charge in [0.15, 0.2) is 0 Å². The fourth-order valence-corrected chi connectivity index (χ4v) is 3.95. The molecule has 0 aliphatic heterocycles. The van der Waals surface area contributed by atoms with Crippen LogP contribution in [0.4, 0.5) is 5.69 Å². The van der Waals surface area contributed by atoms with E-state index >= 15 is 0 Å². The van der Waals surface area contributed by atoms with Crippen LogP contribution in [0.1, 0.15) is 31.8 Å². The largest absolute Gasteiger partial charge is 0.478 e. The van der Waals surface area contributed by atoms with Crippen molar-refractivity contribution in [3.63, 3.8) is 0 Å². The van der Waals surface area contributed by atoms with Crippen LogP contribution in [-0.4, -0.2) is 29.4 Å². The Hall–Kier alpha value is -3.78. The molecule has 3 aromatic rings. The van der Waals surface area contributed by atoms with Crippen LogP contribution < -0.4 is 15.4 Å². The van der Waals surface area contributed by atoms with E-state index in [2.05, 4.69) is 5.32 Å². The van der Waals surface area contributed by atoms with Crippen LogP contribution in [0.5, 0.6) is 0 Å². The maximum absolute atomic E-state index is 12.7. The van der Waals surface area contributed by atoms with E-state index in [1.165, 1.54) is 24.1 Å². The summed E-state index contributed by atoms with van der Waals surface area (Å²) < 4.78 is 1.72. The van der Waals surface area contributed by atoms with Gasteiger partial charge in [0.1, 0.15) is 6.54 Å². The van der Waals surface area contributed by atoms with Gasteiger partial charge >= 0.3 is 5.97 Å². The Bertz CT molecular complexity index is 1130. The summed E-state index contributed by atoms with van der Waals surface area (Å²) in [5.41, 5.74) is 8.34. The molecule has 0 aromatic heterocycles. The van der Waals surface area contributed by atoms with Crippen molar-refractivity contribution in [2.45, 2.75) is 18.4 Å². The van der Waals surface area contributed by atoms with Gasteiger partial charge in [-0.15, -0.1) is 0 Å². The number of nitrogens with zero attached hydrogens (tertiary/aromatic N) is 1. The van der Waals surface area contributed by atoms with Gasteiger partial charge in [0.2, 0.25) is 5.91 Å². The van der Waals surface area contributed by atoms with Gasteiger partial charge in [0, 0.05) is 11.4 Å². The van der Waals surface area contributed by atoms with Gasteiger partial charge in [-0.3, -0.25) is 9.59 Å². The number of primary amides is 1. The number of rotatable bonds is 9. The van der Waals surface area contributed by atoms with Gasteiger partial charge in [-0.25, -0.2) is 4.79 Å². The number of anilines is 1. The summed E-state index contributed by atoms with van der Waals surface area (Å²) in [6.07, 6.45) is 0. The van der Waals surface area contributed by atoms with Crippen LogP contribution in [-0.2, 0) is 11.3 Å². The summed E-state index contributed by atoms with van der Waals surface area (Å²) in [4.78, 5) is 36.7. The summed E-state index contributed by atoms with van der Waals surface area (Å²) in [6.45, 7) is 2.13. The molecule has 0 heterocycles. The number of nitrogens with two attached hydrogens (primary N) is 1. The second-order valence-corrected chi connectivity index (χ2v) is 8.20. The number of aromatic carboxylic acids is 1. The van der Waals surface area contributed by atoms with Crippen LogP contribution in [0, 0.1) is 6.92 Å². The van der Waals surface area contributed by atoms with E-state index in [1.807, 2.05) is 31.2 Å². The van der Waals surface area contributed by atoms with Gasteiger partial charge in [0.05, 0.1) is 16.8 Å². The van der Waals surface area contributed by atoms with Crippen molar-refractivity contribution in [1.29, 1.82) is 0 Å². The van der Waals surface area contributed by atoms with Crippen molar-refractivity contribution < 1.29 is 19.5 Å².